The molecule has 0 aliphatic rings. The highest BCUT2D eigenvalue weighted by Gasteiger charge is 2.15. The van der Waals surface area contributed by atoms with Gasteiger partial charge in [-0.1, -0.05) is 41.1 Å². The minimum Gasteiger partial charge on any atom is -0.497 e. The standard InChI is InChI=1S/C17H20BrNO/c1-4-19-17(13-6-5-7-14(18)11-13)16-9-8-15(20-3)10-12(16)2/h5-11,17,19H,4H2,1-3H3. The van der Waals surface area contributed by atoms with E-state index >= 15 is 0 Å². The Bertz CT molecular complexity index is 583. The molecule has 2 aromatic rings. The minimum absolute atomic E-state index is 0.198. The van der Waals surface area contributed by atoms with Crippen LogP contribution in [0.4, 0.5) is 0 Å². The maximum absolute atomic E-state index is 5.29. The molecule has 0 spiro atoms. The number of hydrogen-bond donors (Lipinski definition) is 1. The van der Waals surface area contributed by atoms with Crippen LogP contribution in [0.1, 0.15) is 29.7 Å². The molecule has 2 aromatic carbocycles. The highest BCUT2D eigenvalue weighted by molar-refractivity contribution is 9.10. The van der Waals surface area contributed by atoms with Gasteiger partial charge in [0.1, 0.15) is 5.75 Å². The second-order valence-electron chi connectivity index (χ2n) is 4.77. The lowest BCUT2D eigenvalue weighted by Crippen LogP contribution is -2.22. The van der Waals surface area contributed by atoms with Crippen LogP contribution in [0.15, 0.2) is 46.9 Å². The van der Waals surface area contributed by atoms with Gasteiger partial charge in [0.25, 0.3) is 0 Å². The molecule has 3 heteroatoms. The fourth-order valence-electron chi connectivity index (χ4n) is 2.40. The molecule has 0 saturated carbocycles. The molecule has 0 aliphatic heterocycles. The molecule has 106 valence electrons. The minimum atomic E-state index is 0.198. The molecule has 2 nitrogen and oxygen atoms in total. The van der Waals surface area contributed by atoms with Gasteiger partial charge < -0.3 is 10.1 Å². The van der Waals surface area contributed by atoms with Gasteiger partial charge in [-0.05, 0) is 54.4 Å². The number of halogens is 1. The molecule has 1 N–H and O–H groups in total. The van der Waals surface area contributed by atoms with Crippen LogP contribution < -0.4 is 10.1 Å². The van der Waals surface area contributed by atoms with Gasteiger partial charge in [0, 0.05) is 4.47 Å². The number of nitrogens with one attached hydrogen (secondary N) is 1. The van der Waals surface area contributed by atoms with Crippen LogP contribution >= 0.6 is 15.9 Å². The molecule has 0 aromatic heterocycles. The van der Waals surface area contributed by atoms with E-state index in [4.69, 9.17) is 4.74 Å². The molecule has 20 heavy (non-hydrogen) atoms. The van der Waals surface area contributed by atoms with E-state index in [1.54, 1.807) is 7.11 Å². The van der Waals surface area contributed by atoms with Crippen molar-refractivity contribution in [2.75, 3.05) is 13.7 Å². The molecule has 0 heterocycles. The summed E-state index contributed by atoms with van der Waals surface area (Å²) in [4.78, 5) is 0. The van der Waals surface area contributed by atoms with Gasteiger partial charge in [0.2, 0.25) is 0 Å². The Kier molecular flexibility index (Phi) is 5.21. The summed E-state index contributed by atoms with van der Waals surface area (Å²) in [6, 6.07) is 14.9. The summed E-state index contributed by atoms with van der Waals surface area (Å²) in [5.41, 5.74) is 3.77. The smallest absolute Gasteiger partial charge is 0.119 e. The second-order valence-corrected chi connectivity index (χ2v) is 5.68. The van der Waals surface area contributed by atoms with Crippen LogP contribution in [0.3, 0.4) is 0 Å². The summed E-state index contributed by atoms with van der Waals surface area (Å²) < 4.78 is 6.39. The summed E-state index contributed by atoms with van der Waals surface area (Å²) >= 11 is 3.55. The second kappa shape index (κ2) is 6.91. The summed E-state index contributed by atoms with van der Waals surface area (Å²) in [5.74, 6) is 0.899. The summed E-state index contributed by atoms with van der Waals surface area (Å²) in [6.07, 6.45) is 0. The fourth-order valence-corrected chi connectivity index (χ4v) is 2.81. The van der Waals surface area contributed by atoms with Gasteiger partial charge in [0.15, 0.2) is 0 Å². The molecule has 0 amide bonds. The van der Waals surface area contributed by atoms with Crippen molar-refractivity contribution in [3.63, 3.8) is 0 Å². The maximum atomic E-state index is 5.29. The Morgan fingerprint density at radius 2 is 2.00 bits per heavy atom. The first-order valence-electron chi connectivity index (χ1n) is 6.79. The Morgan fingerprint density at radius 3 is 2.60 bits per heavy atom. The van der Waals surface area contributed by atoms with E-state index in [-0.39, 0.29) is 6.04 Å². The first-order valence-corrected chi connectivity index (χ1v) is 7.58. The van der Waals surface area contributed by atoms with Gasteiger partial charge in [-0.25, -0.2) is 0 Å². The van der Waals surface area contributed by atoms with Crippen LogP contribution in [-0.4, -0.2) is 13.7 Å². The number of methoxy groups -OCH3 is 1. The van der Waals surface area contributed by atoms with E-state index < -0.39 is 0 Å². The molecular weight excluding hydrogens is 314 g/mol. The SMILES string of the molecule is CCNC(c1cccc(Br)c1)c1ccc(OC)cc1C. The van der Waals surface area contributed by atoms with Crippen molar-refractivity contribution in [3.8, 4) is 5.75 Å². The van der Waals surface area contributed by atoms with Crippen molar-refractivity contribution in [2.24, 2.45) is 0 Å². The number of rotatable bonds is 5. The first-order chi connectivity index (χ1) is 9.65. The highest BCUT2D eigenvalue weighted by atomic mass is 79.9. The lowest BCUT2D eigenvalue weighted by molar-refractivity contribution is 0.414. The van der Waals surface area contributed by atoms with Crippen LogP contribution in [0.2, 0.25) is 0 Å². The van der Waals surface area contributed by atoms with Gasteiger partial charge in [-0.3, -0.25) is 0 Å². The van der Waals surface area contributed by atoms with Crippen molar-refractivity contribution in [1.82, 2.24) is 5.32 Å². The average Bonchev–Trinajstić information content (AvgIpc) is 2.45. The monoisotopic (exact) mass is 333 g/mol. The lowest BCUT2D eigenvalue weighted by atomic mass is 9.95. The van der Waals surface area contributed by atoms with Crippen molar-refractivity contribution in [1.29, 1.82) is 0 Å². The summed E-state index contributed by atoms with van der Waals surface area (Å²) in [5, 5.41) is 3.56. The van der Waals surface area contributed by atoms with Crippen LogP contribution in [0.5, 0.6) is 5.75 Å². The summed E-state index contributed by atoms with van der Waals surface area (Å²) in [6.45, 7) is 5.17. The van der Waals surface area contributed by atoms with E-state index in [1.807, 2.05) is 12.1 Å². The molecule has 1 atom stereocenters. The number of hydrogen-bond acceptors (Lipinski definition) is 2. The third kappa shape index (κ3) is 3.41. The van der Waals surface area contributed by atoms with E-state index in [0.717, 1.165) is 16.8 Å². The Hall–Kier alpha value is -1.32. The van der Waals surface area contributed by atoms with Gasteiger partial charge in [-0.15, -0.1) is 0 Å². The molecule has 0 radical (unpaired) electrons. The Morgan fingerprint density at radius 1 is 1.20 bits per heavy atom. The molecule has 0 aliphatic carbocycles. The Labute approximate surface area is 129 Å². The third-order valence-corrected chi connectivity index (χ3v) is 3.87. The van der Waals surface area contributed by atoms with Crippen molar-refractivity contribution in [2.45, 2.75) is 19.9 Å². The zero-order valence-corrected chi connectivity index (χ0v) is 13.7. The van der Waals surface area contributed by atoms with E-state index in [9.17, 15) is 0 Å². The van der Waals surface area contributed by atoms with Crippen LogP contribution in [0.25, 0.3) is 0 Å². The van der Waals surface area contributed by atoms with Gasteiger partial charge >= 0.3 is 0 Å². The van der Waals surface area contributed by atoms with Gasteiger partial charge in [0.05, 0.1) is 13.2 Å². The number of ether oxygens (including phenoxy) is 1. The number of aryl methyl sites for hydroxylation is 1. The van der Waals surface area contributed by atoms with E-state index in [2.05, 4.69) is 65.4 Å². The zero-order chi connectivity index (χ0) is 14.5. The van der Waals surface area contributed by atoms with Crippen LogP contribution in [-0.2, 0) is 0 Å². The zero-order valence-electron chi connectivity index (χ0n) is 12.1. The predicted octanol–water partition coefficient (Wildman–Crippen LogP) is 4.47. The van der Waals surface area contributed by atoms with Crippen molar-refractivity contribution < 1.29 is 4.74 Å². The van der Waals surface area contributed by atoms with Crippen molar-refractivity contribution in [3.05, 3.63) is 63.6 Å². The fraction of sp³-hybridized carbons (Fsp3) is 0.294. The first kappa shape index (κ1) is 15.1. The lowest BCUT2D eigenvalue weighted by Gasteiger charge is -2.21. The van der Waals surface area contributed by atoms with Gasteiger partial charge in [-0.2, -0.15) is 0 Å². The normalized spacial score (nSPS) is 12.2. The summed E-state index contributed by atoms with van der Waals surface area (Å²) in [7, 11) is 1.70. The molecule has 2 rings (SSSR count). The quantitative estimate of drug-likeness (QED) is 0.871. The van der Waals surface area contributed by atoms with E-state index in [1.165, 1.54) is 16.7 Å². The third-order valence-electron chi connectivity index (χ3n) is 3.38. The predicted molar refractivity (Wildman–Crippen MR) is 87.4 cm³/mol. The maximum Gasteiger partial charge on any atom is 0.119 e. The molecular formula is C17H20BrNO. The molecule has 0 bridgehead atoms. The Balaban J connectivity index is 2.43. The topological polar surface area (TPSA) is 21.3 Å². The number of benzene rings is 2. The molecule has 0 saturated heterocycles. The van der Waals surface area contributed by atoms with E-state index in [0.29, 0.717) is 0 Å². The highest BCUT2D eigenvalue weighted by Crippen LogP contribution is 2.28. The molecule has 0 fully saturated rings. The largest absolute Gasteiger partial charge is 0.497 e. The molecule has 1 unspecified atom stereocenters. The van der Waals surface area contributed by atoms with Crippen LogP contribution in [0, 0.1) is 6.92 Å². The van der Waals surface area contributed by atoms with Crippen molar-refractivity contribution >= 4 is 15.9 Å². The average molecular weight is 334 g/mol.